The van der Waals surface area contributed by atoms with E-state index in [2.05, 4.69) is 38.8 Å². The van der Waals surface area contributed by atoms with Gasteiger partial charge in [0.25, 0.3) is 0 Å². The zero-order chi connectivity index (χ0) is 11.1. The van der Waals surface area contributed by atoms with Crippen LogP contribution in [0.25, 0.3) is 0 Å². The van der Waals surface area contributed by atoms with Crippen molar-refractivity contribution in [1.29, 1.82) is 0 Å². The lowest BCUT2D eigenvalue weighted by Gasteiger charge is -2.22. The molecule has 0 aromatic heterocycles. The molecule has 0 amide bonds. The Hall–Kier alpha value is -0.340. The molecule has 14 heavy (non-hydrogen) atoms. The molecule has 4 unspecified atom stereocenters. The zero-order valence-electron chi connectivity index (χ0n) is 10.3. The van der Waals surface area contributed by atoms with Gasteiger partial charge in [-0.15, -0.1) is 0 Å². The van der Waals surface area contributed by atoms with E-state index in [1.807, 2.05) is 13.8 Å². The van der Waals surface area contributed by atoms with Crippen molar-refractivity contribution in [2.24, 2.45) is 0 Å². The van der Waals surface area contributed by atoms with Crippen molar-refractivity contribution < 1.29 is 5.11 Å². The van der Waals surface area contributed by atoms with Crippen LogP contribution in [0.4, 0.5) is 0 Å². The Balaban J connectivity index is 2.90. The molecule has 0 aromatic carbocycles. The molecule has 1 N–H and O–H groups in total. The van der Waals surface area contributed by atoms with E-state index in [4.69, 9.17) is 0 Å². The number of hydrogen-bond acceptors (Lipinski definition) is 2. The van der Waals surface area contributed by atoms with E-state index in [0.717, 1.165) is 6.42 Å². The fraction of sp³-hybridized carbons (Fsp3) is 0.833. The van der Waals surface area contributed by atoms with Crippen molar-refractivity contribution in [2.75, 3.05) is 7.05 Å². The third kappa shape index (κ3) is 1.41. The van der Waals surface area contributed by atoms with E-state index in [9.17, 15) is 5.11 Å². The van der Waals surface area contributed by atoms with Gasteiger partial charge in [0.15, 0.2) is 0 Å². The highest BCUT2D eigenvalue weighted by Crippen LogP contribution is 2.50. The molecule has 4 atom stereocenters. The SMILES string of the molecule is CC=C(C)C1(C)C(C(C)(O)CC)N1C. The van der Waals surface area contributed by atoms with Crippen LogP contribution in [-0.2, 0) is 0 Å². The summed E-state index contributed by atoms with van der Waals surface area (Å²) < 4.78 is 0. The molecule has 1 fully saturated rings. The van der Waals surface area contributed by atoms with Gasteiger partial charge in [-0.05, 0) is 41.2 Å². The van der Waals surface area contributed by atoms with E-state index in [1.165, 1.54) is 5.57 Å². The number of hydrogen-bond donors (Lipinski definition) is 1. The Morgan fingerprint density at radius 1 is 1.64 bits per heavy atom. The number of aliphatic hydroxyl groups is 1. The minimum atomic E-state index is -0.576. The first-order valence-corrected chi connectivity index (χ1v) is 5.41. The number of likely N-dealkylation sites (N-methyl/N-ethyl adjacent to an activating group) is 1. The molecule has 1 rings (SSSR count). The van der Waals surface area contributed by atoms with Crippen LogP contribution in [0.2, 0.25) is 0 Å². The largest absolute Gasteiger partial charge is 0.388 e. The van der Waals surface area contributed by atoms with E-state index in [0.29, 0.717) is 0 Å². The van der Waals surface area contributed by atoms with Crippen molar-refractivity contribution in [2.45, 2.75) is 58.2 Å². The molecule has 2 nitrogen and oxygen atoms in total. The van der Waals surface area contributed by atoms with Gasteiger partial charge >= 0.3 is 0 Å². The van der Waals surface area contributed by atoms with Gasteiger partial charge in [0, 0.05) is 0 Å². The predicted molar refractivity (Wildman–Crippen MR) is 60.3 cm³/mol. The lowest BCUT2D eigenvalue weighted by molar-refractivity contribution is 0.0418. The Morgan fingerprint density at radius 3 is 2.50 bits per heavy atom. The summed E-state index contributed by atoms with van der Waals surface area (Å²) in [7, 11) is 2.09. The highest BCUT2D eigenvalue weighted by atomic mass is 16.3. The highest BCUT2D eigenvalue weighted by molar-refractivity contribution is 5.34. The molecule has 2 heteroatoms. The Morgan fingerprint density at radius 2 is 2.14 bits per heavy atom. The average molecular weight is 197 g/mol. The zero-order valence-corrected chi connectivity index (χ0v) is 10.3. The lowest BCUT2D eigenvalue weighted by Crippen LogP contribution is -2.35. The summed E-state index contributed by atoms with van der Waals surface area (Å²) >= 11 is 0. The molecule has 1 aliphatic rings. The normalized spacial score (nSPS) is 42.1. The molecule has 0 aliphatic carbocycles. The second-order valence-corrected chi connectivity index (χ2v) is 4.84. The monoisotopic (exact) mass is 197 g/mol. The van der Waals surface area contributed by atoms with Gasteiger partial charge in [-0.25, -0.2) is 0 Å². The predicted octanol–water partition coefficient (Wildman–Crippen LogP) is 2.19. The molecule has 0 radical (unpaired) electrons. The Bertz CT molecular complexity index is 257. The molecule has 0 saturated carbocycles. The van der Waals surface area contributed by atoms with Crippen LogP contribution in [0.1, 0.15) is 41.0 Å². The fourth-order valence-electron chi connectivity index (χ4n) is 2.55. The molecule has 82 valence electrons. The molecular weight excluding hydrogens is 174 g/mol. The summed E-state index contributed by atoms with van der Waals surface area (Å²) in [6.45, 7) is 10.4. The van der Waals surface area contributed by atoms with Crippen molar-refractivity contribution in [3.8, 4) is 0 Å². The summed E-state index contributed by atoms with van der Waals surface area (Å²) in [4.78, 5) is 2.26. The summed E-state index contributed by atoms with van der Waals surface area (Å²) in [5.74, 6) is 0. The van der Waals surface area contributed by atoms with Gasteiger partial charge in [0.1, 0.15) is 0 Å². The molecular formula is C12H23NO. The maximum absolute atomic E-state index is 10.2. The molecule has 1 heterocycles. The average Bonchev–Trinajstić information content (AvgIpc) is 2.70. The Kier molecular flexibility index (Phi) is 2.81. The fourth-order valence-corrected chi connectivity index (χ4v) is 2.55. The summed E-state index contributed by atoms with van der Waals surface area (Å²) in [5.41, 5.74) is 0.834. The van der Waals surface area contributed by atoms with Crippen LogP contribution < -0.4 is 0 Å². The van der Waals surface area contributed by atoms with Gasteiger partial charge in [-0.1, -0.05) is 18.6 Å². The van der Waals surface area contributed by atoms with Crippen molar-refractivity contribution in [3.05, 3.63) is 11.6 Å². The smallest absolute Gasteiger partial charge is 0.0793 e. The Labute approximate surface area is 87.6 Å². The van der Waals surface area contributed by atoms with Crippen LogP contribution in [-0.4, -0.2) is 34.2 Å². The van der Waals surface area contributed by atoms with E-state index in [1.54, 1.807) is 0 Å². The van der Waals surface area contributed by atoms with Gasteiger partial charge < -0.3 is 5.11 Å². The third-order valence-electron chi connectivity index (χ3n) is 4.12. The summed E-state index contributed by atoms with van der Waals surface area (Å²) in [6.07, 6.45) is 2.94. The van der Waals surface area contributed by atoms with Crippen LogP contribution in [0.5, 0.6) is 0 Å². The van der Waals surface area contributed by atoms with E-state index < -0.39 is 5.60 Å². The minimum Gasteiger partial charge on any atom is -0.388 e. The van der Waals surface area contributed by atoms with Crippen molar-refractivity contribution in [1.82, 2.24) is 4.90 Å². The molecule has 0 spiro atoms. The second kappa shape index (κ2) is 3.35. The van der Waals surface area contributed by atoms with E-state index >= 15 is 0 Å². The first kappa shape index (κ1) is 11.7. The van der Waals surface area contributed by atoms with Gasteiger partial charge in [0.05, 0.1) is 17.2 Å². The maximum atomic E-state index is 10.2. The van der Waals surface area contributed by atoms with Gasteiger partial charge in [-0.3, -0.25) is 4.90 Å². The quantitative estimate of drug-likeness (QED) is 0.553. The first-order chi connectivity index (χ1) is 6.32. The third-order valence-corrected chi connectivity index (χ3v) is 4.12. The van der Waals surface area contributed by atoms with Crippen LogP contribution in [0.3, 0.4) is 0 Å². The van der Waals surface area contributed by atoms with Crippen molar-refractivity contribution >= 4 is 0 Å². The first-order valence-electron chi connectivity index (χ1n) is 5.41. The summed E-state index contributed by atoms with van der Waals surface area (Å²) in [6, 6.07) is 0.260. The molecule has 0 aromatic rings. The van der Waals surface area contributed by atoms with Gasteiger partial charge in [-0.2, -0.15) is 0 Å². The minimum absolute atomic E-state index is 0.0638. The summed E-state index contributed by atoms with van der Waals surface area (Å²) in [5, 5.41) is 10.2. The number of rotatable bonds is 3. The highest BCUT2D eigenvalue weighted by Gasteiger charge is 2.64. The lowest BCUT2D eigenvalue weighted by atomic mass is 9.87. The molecule has 1 saturated heterocycles. The van der Waals surface area contributed by atoms with Crippen LogP contribution >= 0.6 is 0 Å². The van der Waals surface area contributed by atoms with E-state index in [-0.39, 0.29) is 11.6 Å². The molecule has 1 aliphatic heterocycles. The standard InChI is InChI=1S/C12H23NO/c1-7-9(3)12(5)10(13(12)6)11(4,14)8-2/h7,10,14H,8H2,1-6H3. The molecule has 0 bridgehead atoms. The van der Waals surface area contributed by atoms with Gasteiger partial charge in [0.2, 0.25) is 0 Å². The maximum Gasteiger partial charge on any atom is 0.0793 e. The topological polar surface area (TPSA) is 23.2 Å². The second-order valence-electron chi connectivity index (χ2n) is 4.84. The van der Waals surface area contributed by atoms with Crippen LogP contribution in [0.15, 0.2) is 11.6 Å². The number of allylic oxidation sites excluding steroid dienone is 1. The van der Waals surface area contributed by atoms with Crippen molar-refractivity contribution in [3.63, 3.8) is 0 Å². The number of nitrogens with zero attached hydrogens (tertiary/aromatic N) is 1. The van der Waals surface area contributed by atoms with Crippen LogP contribution in [0, 0.1) is 0 Å².